The van der Waals surface area contributed by atoms with Crippen molar-refractivity contribution in [2.75, 3.05) is 20.1 Å². The Bertz CT molecular complexity index is 1080. The number of likely N-dealkylation sites (N-methyl/N-ethyl adjacent to an activating group) is 1. The van der Waals surface area contributed by atoms with Gasteiger partial charge in [-0.2, -0.15) is 4.31 Å². The van der Waals surface area contributed by atoms with Crippen LogP contribution >= 0.6 is 0 Å². The summed E-state index contributed by atoms with van der Waals surface area (Å²) in [6, 6.07) is 9.53. The summed E-state index contributed by atoms with van der Waals surface area (Å²) < 4.78 is 53.9. The van der Waals surface area contributed by atoms with Gasteiger partial charge in [-0.1, -0.05) is 31.0 Å². The first-order chi connectivity index (χ1) is 15.2. The molecular formula is C24H28F2N2O3S. The number of halogens is 2. The lowest BCUT2D eigenvalue weighted by atomic mass is 10.1. The Balaban J connectivity index is 1.66. The lowest BCUT2D eigenvalue weighted by molar-refractivity contribution is -0.126. The van der Waals surface area contributed by atoms with Crippen LogP contribution in [0.5, 0.6) is 0 Å². The molecule has 0 bridgehead atoms. The van der Waals surface area contributed by atoms with E-state index in [4.69, 9.17) is 0 Å². The van der Waals surface area contributed by atoms with Crippen LogP contribution in [0, 0.1) is 11.6 Å². The Kier molecular flexibility index (Phi) is 7.79. The van der Waals surface area contributed by atoms with Crippen LogP contribution in [0.2, 0.25) is 0 Å². The van der Waals surface area contributed by atoms with Crippen molar-refractivity contribution in [2.45, 2.75) is 43.5 Å². The molecule has 0 aliphatic carbocycles. The molecule has 172 valence electrons. The van der Waals surface area contributed by atoms with Crippen LogP contribution in [0.3, 0.4) is 0 Å². The van der Waals surface area contributed by atoms with Crippen LogP contribution in [0.1, 0.15) is 49.8 Å². The Labute approximate surface area is 188 Å². The van der Waals surface area contributed by atoms with Crippen LogP contribution in [-0.2, 0) is 14.8 Å². The number of benzene rings is 2. The highest BCUT2D eigenvalue weighted by Gasteiger charge is 2.24. The van der Waals surface area contributed by atoms with E-state index >= 15 is 0 Å². The number of sulfonamides is 1. The van der Waals surface area contributed by atoms with Crippen LogP contribution in [-0.4, -0.2) is 43.7 Å². The lowest BCUT2D eigenvalue weighted by Gasteiger charge is -2.24. The molecule has 1 heterocycles. The summed E-state index contributed by atoms with van der Waals surface area (Å²) in [6.07, 6.45) is 6.81. The SMILES string of the molecule is CC(c1ccc(F)c(F)c1)N(C)C(=O)/C=C/c1ccc(S(=O)(=O)N2CCCCCC2)cc1. The van der Waals surface area contributed by atoms with Gasteiger partial charge in [-0.25, -0.2) is 17.2 Å². The highest BCUT2D eigenvalue weighted by atomic mass is 32.2. The van der Waals surface area contributed by atoms with Gasteiger partial charge in [-0.15, -0.1) is 0 Å². The predicted octanol–water partition coefficient (Wildman–Crippen LogP) is 4.76. The van der Waals surface area contributed by atoms with Crippen molar-refractivity contribution in [1.82, 2.24) is 9.21 Å². The van der Waals surface area contributed by atoms with E-state index in [1.54, 1.807) is 48.6 Å². The van der Waals surface area contributed by atoms with Crippen molar-refractivity contribution < 1.29 is 22.0 Å². The van der Waals surface area contributed by atoms with Crippen molar-refractivity contribution in [3.8, 4) is 0 Å². The van der Waals surface area contributed by atoms with Crippen LogP contribution in [0.15, 0.2) is 53.4 Å². The zero-order chi connectivity index (χ0) is 23.3. The van der Waals surface area contributed by atoms with Gasteiger partial charge in [0.2, 0.25) is 15.9 Å². The predicted molar refractivity (Wildman–Crippen MR) is 120 cm³/mol. The number of carbonyl (C=O) groups is 1. The average molecular weight is 463 g/mol. The van der Waals surface area contributed by atoms with E-state index in [9.17, 15) is 22.0 Å². The first-order valence-electron chi connectivity index (χ1n) is 10.7. The van der Waals surface area contributed by atoms with Gasteiger partial charge < -0.3 is 4.90 Å². The molecule has 3 rings (SSSR count). The van der Waals surface area contributed by atoms with Gasteiger partial charge in [-0.05, 0) is 61.2 Å². The van der Waals surface area contributed by atoms with E-state index in [0.29, 0.717) is 24.2 Å². The summed E-state index contributed by atoms with van der Waals surface area (Å²) in [5.74, 6) is -2.21. The zero-order valence-electron chi connectivity index (χ0n) is 18.3. The third-order valence-electron chi connectivity index (χ3n) is 5.86. The average Bonchev–Trinajstić information content (AvgIpc) is 3.09. The number of amides is 1. The van der Waals surface area contributed by atoms with E-state index in [1.807, 2.05) is 0 Å². The van der Waals surface area contributed by atoms with Gasteiger partial charge >= 0.3 is 0 Å². The number of carbonyl (C=O) groups excluding carboxylic acids is 1. The Morgan fingerprint density at radius 2 is 1.62 bits per heavy atom. The first kappa shape index (κ1) is 24.1. The fourth-order valence-corrected chi connectivity index (χ4v) is 5.17. The molecule has 1 aliphatic heterocycles. The maximum absolute atomic E-state index is 13.5. The van der Waals surface area contributed by atoms with Crippen LogP contribution in [0.4, 0.5) is 8.78 Å². The number of nitrogens with zero attached hydrogens (tertiary/aromatic N) is 2. The molecule has 1 atom stereocenters. The zero-order valence-corrected chi connectivity index (χ0v) is 19.1. The molecule has 1 amide bonds. The molecule has 0 radical (unpaired) electrons. The quantitative estimate of drug-likeness (QED) is 0.582. The van der Waals surface area contributed by atoms with E-state index < -0.39 is 27.7 Å². The third-order valence-corrected chi connectivity index (χ3v) is 7.77. The standard InChI is InChI=1S/C24H28F2N2O3S/c1-18(20-10-13-22(25)23(26)17-20)27(2)24(29)14-9-19-7-11-21(12-8-19)32(30,31)28-15-5-3-4-6-16-28/h7-14,17-18H,3-6,15-16H2,1-2H3/b14-9+. The van der Waals surface area contributed by atoms with E-state index in [1.165, 1.54) is 17.0 Å². The minimum Gasteiger partial charge on any atom is -0.335 e. The summed E-state index contributed by atoms with van der Waals surface area (Å²) in [5, 5.41) is 0. The summed E-state index contributed by atoms with van der Waals surface area (Å²) in [4.78, 5) is 14.2. The molecule has 0 aromatic heterocycles. The number of rotatable bonds is 6. The molecule has 1 fully saturated rings. The van der Waals surface area contributed by atoms with Gasteiger partial charge in [0.1, 0.15) is 0 Å². The molecule has 1 unspecified atom stereocenters. The highest BCUT2D eigenvalue weighted by Crippen LogP contribution is 2.23. The van der Waals surface area contributed by atoms with Crippen molar-refractivity contribution >= 4 is 22.0 Å². The molecule has 1 aliphatic rings. The largest absolute Gasteiger partial charge is 0.335 e. The van der Waals surface area contributed by atoms with Gasteiger partial charge in [0.15, 0.2) is 11.6 Å². The first-order valence-corrected chi connectivity index (χ1v) is 12.1. The second-order valence-corrected chi connectivity index (χ2v) is 9.96. The minimum atomic E-state index is -3.52. The fourth-order valence-electron chi connectivity index (χ4n) is 3.65. The summed E-state index contributed by atoms with van der Waals surface area (Å²) in [5.41, 5.74) is 1.17. The van der Waals surface area contributed by atoms with Crippen molar-refractivity contribution in [2.24, 2.45) is 0 Å². The summed E-state index contributed by atoms with van der Waals surface area (Å²) >= 11 is 0. The molecule has 32 heavy (non-hydrogen) atoms. The summed E-state index contributed by atoms with van der Waals surface area (Å²) in [7, 11) is -1.94. The van der Waals surface area contributed by atoms with Gasteiger partial charge in [0.25, 0.3) is 0 Å². The van der Waals surface area contributed by atoms with E-state index in [0.717, 1.165) is 37.8 Å². The second kappa shape index (κ2) is 10.4. The van der Waals surface area contributed by atoms with Gasteiger partial charge in [0, 0.05) is 26.2 Å². The van der Waals surface area contributed by atoms with Crippen molar-refractivity contribution in [3.05, 3.63) is 71.3 Å². The topological polar surface area (TPSA) is 57.7 Å². The number of hydrogen-bond donors (Lipinski definition) is 0. The molecule has 8 heteroatoms. The molecule has 0 spiro atoms. The molecule has 0 N–H and O–H groups in total. The molecule has 5 nitrogen and oxygen atoms in total. The Hall–Kier alpha value is -2.58. The Morgan fingerprint density at radius 1 is 1.00 bits per heavy atom. The third kappa shape index (κ3) is 5.61. The highest BCUT2D eigenvalue weighted by molar-refractivity contribution is 7.89. The normalized spacial score (nSPS) is 16.6. The number of hydrogen-bond acceptors (Lipinski definition) is 3. The summed E-state index contributed by atoms with van der Waals surface area (Å²) in [6.45, 7) is 2.81. The monoisotopic (exact) mass is 462 g/mol. The molecule has 2 aromatic carbocycles. The van der Waals surface area contributed by atoms with Gasteiger partial charge in [-0.3, -0.25) is 4.79 Å². The fraction of sp³-hybridized carbons (Fsp3) is 0.375. The molecule has 1 saturated heterocycles. The molecule has 0 saturated carbocycles. The van der Waals surface area contributed by atoms with Crippen LogP contribution in [0.25, 0.3) is 6.08 Å². The molecule has 2 aromatic rings. The smallest absolute Gasteiger partial charge is 0.246 e. The van der Waals surface area contributed by atoms with Crippen molar-refractivity contribution in [1.29, 1.82) is 0 Å². The van der Waals surface area contributed by atoms with E-state index in [-0.39, 0.29) is 10.8 Å². The second-order valence-electron chi connectivity index (χ2n) is 8.02. The maximum Gasteiger partial charge on any atom is 0.246 e. The maximum atomic E-state index is 13.5. The minimum absolute atomic E-state index is 0.243. The Morgan fingerprint density at radius 3 is 2.22 bits per heavy atom. The molecular weight excluding hydrogens is 434 g/mol. The van der Waals surface area contributed by atoms with E-state index in [2.05, 4.69) is 0 Å². The van der Waals surface area contributed by atoms with Crippen molar-refractivity contribution in [3.63, 3.8) is 0 Å². The van der Waals surface area contributed by atoms with Crippen LogP contribution < -0.4 is 0 Å². The lowest BCUT2D eigenvalue weighted by Crippen LogP contribution is -2.31. The van der Waals surface area contributed by atoms with Gasteiger partial charge in [0.05, 0.1) is 10.9 Å².